The highest BCUT2D eigenvalue weighted by molar-refractivity contribution is 7.80. The van der Waals surface area contributed by atoms with E-state index >= 15 is 0 Å². The summed E-state index contributed by atoms with van der Waals surface area (Å²) in [6.07, 6.45) is 2.29. The predicted octanol–water partition coefficient (Wildman–Crippen LogP) is 4.33. The quantitative estimate of drug-likeness (QED) is 0.469. The monoisotopic (exact) mass is 382 g/mol. The Kier molecular flexibility index (Phi) is 4.02. The summed E-state index contributed by atoms with van der Waals surface area (Å²) in [7, 11) is 2.01. The number of halogens is 2. The van der Waals surface area contributed by atoms with E-state index in [1.165, 1.54) is 5.56 Å². The molecule has 128 valence electrons. The lowest BCUT2D eigenvalue weighted by Gasteiger charge is -2.24. The number of para-hydroxylation sites is 1. The molecule has 1 atom stereocenters. The number of carbonyl (C=O) groups is 1. The minimum atomic E-state index is -1.00. The average Bonchev–Trinajstić information content (AvgIpc) is 2.96. The van der Waals surface area contributed by atoms with Crippen molar-refractivity contribution < 1.29 is 4.79 Å². The number of nitrogens with zero attached hydrogens (tertiary/aromatic N) is 1. The van der Waals surface area contributed by atoms with Gasteiger partial charge in [-0.05, 0) is 31.1 Å². The van der Waals surface area contributed by atoms with Crippen LogP contribution in [0.25, 0.3) is 0 Å². The summed E-state index contributed by atoms with van der Waals surface area (Å²) >= 11 is 17.5. The van der Waals surface area contributed by atoms with Crippen molar-refractivity contribution in [3.8, 4) is 0 Å². The largest absolute Gasteiger partial charge is 0.347 e. The normalized spacial score (nSPS) is 27.8. The van der Waals surface area contributed by atoms with Crippen LogP contribution in [-0.2, 0) is 10.2 Å². The summed E-state index contributed by atoms with van der Waals surface area (Å²) in [6, 6.07) is 8.25. The number of fused-ring (bicyclic) bond motifs is 1. The van der Waals surface area contributed by atoms with Crippen LogP contribution in [0.4, 0.5) is 5.69 Å². The maximum atomic E-state index is 12.4. The Morgan fingerprint density at radius 2 is 1.88 bits per heavy atom. The number of rotatable bonds is 2. The molecule has 6 heteroatoms. The van der Waals surface area contributed by atoms with Gasteiger partial charge in [-0.25, -0.2) is 0 Å². The highest BCUT2D eigenvalue weighted by Gasteiger charge is 2.68. The second-order valence-electron chi connectivity index (χ2n) is 7.26. The number of alkyl halides is 2. The number of amides is 1. The van der Waals surface area contributed by atoms with Crippen LogP contribution in [0.3, 0.4) is 0 Å². The zero-order chi connectivity index (χ0) is 17.9. The minimum absolute atomic E-state index is 0.188. The highest BCUT2D eigenvalue weighted by Crippen LogP contribution is 2.63. The fourth-order valence-corrected chi connectivity index (χ4v) is 4.23. The van der Waals surface area contributed by atoms with Crippen LogP contribution in [-0.4, -0.2) is 22.3 Å². The van der Waals surface area contributed by atoms with Crippen LogP contribution >= 0.6 is 35.4 Å². The summed E-state index contributed by atoms with van der Waals surface area (Å²) in [5, 5.41) is 2.77. The third-order valence-electron chi connectivity index (χ3n) is 5.20. The van der Waals surface area contributed by atoms with Crippen LogP contribution in [0.2, 0.25) is 0 Å². The second-order valence-corrected chi connectivity index (χ2v) is 9.19. The fourth-order valence-electron chi connectivity index (χ4n) is 3.32. The molecule has 1 aliphatic heterocycles. The molecule has 3 rings (SSSR count). The molecule has 1 aromatic carbocycles. The summed E-state index contributed by atoms with van der Waals surface area (Å²) < 4.78 is -1.00. The third kappa shape index (κ3) is 2.56. The van der Waals surface area contributed by atoms with Crippen LogP contribution in [0.15, 0.2) is 36.0 Å². The molecular weight excluding hydrogens is 363 g/mol. The number of carbonyl (C=O) groups excluding carboxylic acids is 1. The van der Waals surface area contributed by atoms with Gasteiger partial charge < -0.3 is 10.2 Å². The van der Waals surface area contributed by atoms with Crippen molar-refractivity contribution >= 4 is 52.0 Å². The maximum absolute atomic E-state index is 12.4. The molecule has 0 unspecified atom stereocenters. The van der Waals surface area contributed by atoms with Gasteiger partial charge in [0.15, 0.2) is 0 Å². The number of likely N-dealkylation sites (N-methyl/N-ethyl adjacent to an activating group) is 1. The molecule has 24 heavy (non-hydrogen) atoms. The molecule has 1 aromatic rings. The molecule has 1 aliphatic carbocycles. The minimum Gasteiger partial charge on any atom is -0.347 e. The first kappa shape index (κ1) is 17.7. The molecule has 1 amide bonds. The van der Waals surface area contributed by atoms with Gasteiger partial charge in [-0.15, -0.1) is 23.2 Å². The average molecular weight is 383 g/mol. The number of allylic oxidation sites excluding steroid dienone is 1. The van der Waals surface area contributed by atoms with E-state index in [2.05, 4.69) is 36.2 Å². The lowest BCUT2D eigenvalue weighted by Crippen LogP contribution is -2.37. The van der Waals surface area contributed by atoms with Gasteiger partial charge in [0.1, 0.15) is 9.32 Å². The molecule has 2 aliphatic rings. The number of hydrogen-bond donors (Lipinski definition) is 1. The third-order valence-corrected chi connectivity index (χ3v) is 6.53. The van der Waals surface area contributed by atoms with Gasteiger partial charge in [0.25, 0.3) is 0 Å². The first-order chi connectivity index (χ1) is 11.0. The Morgan fingerprint density at radius 3 is 2.42 bits per heavy atom. The van der Waals surface area contributed by atoms with Gasteiger partial charge in [0.05, 0.1) is 5.41 Å². The maximum Gasteiger partial charge on any atom is 0.234 e. The molecule has 1 fully saturated rings. The van der Waals surface area contributed by atoms with Crippen LogP contribution in [0, 0.1) is 5.41 Å². The topological polar surface area (TPSA) is 32.3 Å². The van der Waals surface area contributed by atoms with Crippen LogP contribution < -0.4 is 10.2 Å². The Labute approximate surface area is 158 Å². The molecule has 0 radical (unpaired) electrons. The van der Waals surface area contributed by atoms with E-state index in [0.717, 1.165) is 11.4 Å². The van der Waals surface area contributed by atoms with Crippen LogP contribution in [0.5, 0.6) is 0 Å². The smallest absolute Gasteiger partial charge is 0.234 e. The second kappa shape index (κ2) is 5.45. The molecule has 0 saturated heterocycles. The van der Waals surface area contributed by atoms with E-state index in [4.69, 9.17) is 35.4 Å². The number of nitrogens with one attached hydrogen (secondary N) is 1. The van der Waals surface area contributed by atoms with Gasteiger partial charge in [0, 0.05) is 23.8 Å². The standard InChI is InChI=1S/C18H20Cl2N2OS/c1-16(2)11-7-5-6-8-12(11)22(4)13(16)9-14(24)21-15(23)17(3)10-18(17,19)20/h5-9H,10H2,1-4H3,(H,21,23,24)/b13-9+/t17-/m1/s1. The van der Waals surface area contributed by atoms with Crippen molar-refractivity contribution in [2.24, 2.45) is 5.41 Å². The molecule has 1 N–H and O–H groups in total. The lowest BCUT2D eigenvalue weighted by molar-refractivity contribution is -0.124. The number of anilines is 1. The zero-order valence-corrected chi connectivity index (χ0v) is 16.4. The van der Waals surface area contributed by atoms with Crippen molar-refractivity contribution in [3.05, 3.63) is 41.6 Å². The van der Waals surface area contributed by atoms with E-state index < -0.39 is 9.75 Å². The number of thiocarbonyl (C=S) groups is 1. The zero-order valence-electron chi connectivity index (χ0n) is 14.1. The van der Waals surface area contributed by atoms with E-state index in [1.54, 1.807) is 6.92 Å². The van der Waals surface area contributed by atoms with Crippen molar-refractivity contribution in [2.45, 2.75) is 36.9 Å². The summed E-state index contributed by atoms with van der Waals surface area (Å²) in [5.74, 6) is -0.231. The fraction of sp³-hybridized carbons (Fsp3) is 0.444. The van der Waals surface area contributed by atoms with E-state index in [9.17, 15) is 4.79 Å². The van der Waals surface area contributed by atoms with Gasteiger partial charge in [-0.2, -0.15) is 0 Å². The Morgan fingerprint density at radius 1 is 1.29 bits per heavy atom. The Bertz CT molecular complexity index is 772. The van der Waals surface area contributed by atoms with Crippen molar-refractivity contribution in [1.82, 2.24) is 5.32 Å². The van der Waals surface area contributed by atoms with Crippen molar-refractivity contribution in [2.75, 3.05) is 11.9 Å². The first-order valence-electron chi connectivity index (χ1n) is 7.79. The van der Waals surface area contributed by atoms with Gasteiger partial charge in [-0.3, -0.25) is 4.79 Å². The molecule has 1 saturated carbocycles. The Hall–Kier alpha value is -1.10. The predicted molar refractivity (Wildman–Crippen MR) is 104 cm³/mol. The first-order valence-corrected chi connectivity index (χ1v) is 8.96. The lowest BCUT2D eigenvalue weighted by atomic mass is 9.84. The molecule has 0 aromatic heterocycles. The highest BCUT2D eigenvalue weighted by atomic mass is 35.5. The molecular formula is C18H20Cl2N2OS. The van der Waals surface area contributed by atoms with E-state index in [0.29, 0.717) is 11.4 Å². The van der Waals surface area contributed by atoms with E-state index in [-0.39, 0.29) is 11.3 Å². The van der Waals surface area contributed by atoms with Gasteiger partial charge in [0.2, 0.25) is 5.91 Å². The van der Waals surface area contributed by atoms with Crippen molar-refractivity contribution in [3.63, 3.8) is 0 Å². The Balaban J connectivity index is 1.82. The number of hydrogen-bond acceptors (Lipinski definition) is 3. The molecule has 0 bridgehead atoms. The van der Waals surface area contributed by atoms with Gasteiger partial charge >= 0.3 is 0 Å². The summed E-state index contributed by atoms with van der Waals surface area (Å²) in [6.45, 7) is 6.05. The van der Waals surface area contributed by atoms with Crippen molar-refractivity contribution in [1.29, 1.82) is 0 Å². The molecule has 0 spiro atoms. The van der Waals surface area contributed by atoms with Gasteiger partial charge in [-0.1, -0.05) is 44.3 Å². The molecule has 1 heterocycles. The SMILES string of the molecule is CN1/C(=C/C(=S)NC(=O)[C@@]2(C)CC2(Cl)Cl)C(C)(C)c2ccccc21. The summed E-state index contributed by atoms with van der Waals surface area (Å²) in [4.78, 5) is 14.9. The number of benzene rings is 1. The summed E-state index contributed by atoms with van der Waals surface area (Å²) in [5.41, 5.74) is 2.46. The van der Waals surface area contributed by atoms with Crippen LogP contribution in [0.1, 0.15) is 32.8 Å². The van der Waals surface area contributed by atoms with E-state index in [1.807, 2.05) is 25.3 Å². The molecule has 3 nitrogen and oxygen atoms in total.